The van der Waals surface area contributed by atoms with Gasteiger partial charge in [-0.15, -0.1) is 0 Å². The molecule has 0 aliphatic heterocycles. The minimum atomic E-state index is -0.628. The van der Waals surface area contributed by atoms with E-state index in [2.05, 4.69) is 20.1 Å². The van der Waals surface area contributed by atoms with Crippen LogP contribution in [0, 0.1) is 0 Å². The molecule has 0 bridgehead atoms. The van der Waals surface area contributed by atoms with Crippen molar-refractivity contribution < 1.29 is 23.9 Å². The Kier molecular flexibility index (Phi) is 6.79. The van der Waals surface area contributed by atoms with Gasteiger partial charge in [-0.1, -0.05) is 12.5 Å². The van der Waals surface area contributed by atoms with Crippen LogP contribution in [0.15, 0.2) is 30.0 Å². The lowest BCUT2D eigenvalue weighted by Gasteiger charge is -2.11. The van der Waals surface area contributed by atoms with E-state index >= 15 is 0 Å². The number of allylic oxidation sites excluding steroid dienone is 1. The molecule has 0 fully saturated rings. The molecule has 7 nitrogen and oxygen atoms in total. The standard InChI is InChI=1S/C16H20N2O5/c1-5-10(2)9-17-16(21)18-13-8-11(14(19)22-3)6-7-12(13)15(20)23-4/h6-9H,5H2,1-4H3,(H2,17,18,21)/b10-9+. The molecule has 124 valence electrons. The third-order valence-electron chi connectivity index (χ3n) is 3.10. The maximum absolute atomic E-state index is 11.9. The summed E-state index contributed by atoms with van der Waals surface area (Å²) >= 11 is 0. The number of anilines is 1. The summed E-state index contributed by atoms with van der Waals surface area (Å²) in [6.45, 7) is 3.83. The molecule has 2 N–H and O–H groups in total. The molecule has 0 aliphatic rings. The number of esters is 2. The predicted octanol–water partition coefficient (Wildman–Crippen LogP) is 2.70. The van der Waals surface area contributed by atoms with E-state index in [-0.39, 0.29) is 16.8 Å². The lowest BCUT2D eigenvalue weighted by atomic mass is 10.1. The van der Waals surface area contributed by atoms with Crippen LogP contribution in [0.25, 0.3) is 0 Å². The average molecular weight is 320 g/mol. The molecule has 2 amide bonds. The van der Waals surface area contributed by atoms with Crippen LogP contribution >= 0.6 is 0 Å². The maximum Gasteiger partial charge on any atom is 0.339 e. The van der Waals surface area contributed by atoms with Crippen LogP contribution in [0.1, 0.15) is 41.0 Å². The zero-order valence-electron chi connectivity index (χ0n) is 13.6. The minimum absolute atomic E-state index is 0.131. The quantitative estimate of drug-likeness (QED) is 0.814. The van der Waals surface area contributed by atoms with Crippen molar-refractivity contribution in [2.24, 2.45) is 0 Å². The minimum Gasteiger partial charge on any atom is -0.465 e. The van der Waals surface area contributed by atoms with E-state index in [9.17, 15) is 14.4 Å². The summed E-state index contributed by atoms with van der Waals surface area (Å²) in [4.78, 5) is 35.2. The average Bonchev–Trinajstić information content (AvgIpc) is 2.58. The van der Waals surface area contributed by atoms with Gasteiger partial charge in [-0.25, -0.2) is 14.4 Å². The van der Waals surface area contributed by atoms with Crippen molar-refractivity contribution in [1.29, 1.82) is 0 Å². The first-order chi connectivity index (χ1) is 10.9. The first-order valence-electron chi connectivity index (χ1n) is 6.96. The number of carbonyl (C=O) groups is 3. The van der Waals surface area contributed by atoms with Crippen molar-refractivity contribution in [3.63, 3.8) is 0 Å². The largest absolute Gasteiger partial charge is 0.465 e. The lowest BCUT2D eigenvalue weighted by Crippen LogP contribution is -2.25. The zero-order valence-corrected chi connectivity index (χ0v) is 13.6. The topological polar surface area (TPSA) is 93.7 Å². The number of methoxy groups -OCH3 is 2. The summed E-state index contributed by atoms with van der Waals surface area (Å²) in [6.07, 6.45) is 2.36. The first-order valence-corrected chi connectivity index (χ1v) is 6.96. The summed E-state index contributed by atoms with van der Waals surface area (Å²) in [5.41, 5.74) is 1.47. The number of hydrogen-bond acceptors (Lipinski definition) is 5. The van der Waals surface area contributed by atoms with Crippen molar-refractivity contribution >= 4 is 23.7 Å². The highest BCUT2D eigenvalue weighted by molar-refractivity contribution is 6.03. The van der Waals surface area contributed by atoms with Gasteiger partial charge >= 0.3 is 18.0 Å². The molecule has 0 heterocycles. The van der Waals surface area contributed by atoms with Gasteiger partial charge in [0.1, 0.15) is 0 Å². The fourth-order valence-corrected chi connectivity index (χ4v) is 1.63. The molecule has 0 radical (unpaired) electrons. The van der Waals surface area contributed by atoms with Gasteiger partial charge in [-0.3, -0.25) is 0 Å². The van der Waals surface area contributed by atoms with Gasteiger partial charge in [0.05, 0.1) is 31.0 Å². The summed E-state index contributed by atoms with van der Waals surface area (Å²) < 4.78 is 9.29. The number of rotatable bonds is 5. The molecule has 0 saturated carbocycles. The molecule has 7 heteroatoms. The normalized spacial score (nSPS) is 10.7. The number of amides is 2. The molecular weight excluding hydrogens is 300 g/mol. The van der Waals surface area contributed by atoms with Gasteiger partial charge in [-0.05, 0) is 31.5 Å². The highest BCUT2D eigenvalue weighted by atomic mass is 16.5. The number of hydrogen-bond donors (Lipinski definition) is 2. The van der Waals surface area contributed by atoms with E-state index in [1.807, 2.05) is 13.8 Å². The van der Waals surface area contributed by atoms with Crippen LogP contribution in [0.3, 0.4) is 0 Å². The summed E-state index contributed by atoms with van der Waals surface area (Å²) in [5.74, 6) is -1.21. The lowest BCUT2D eigenvalue weighted by molar-refractivity contribution is 0.0587. The molecule has 0 aliphatic carbocycles. The van der Waals surface area contributed by atoms with E-state index in [1.54, 1.807) is 6.20 Å². The van der Waals surface area contributed by atoms with Crippen molar-refractivity contribution in [3.05, 3.63) is 41.1 Å². The third kappa shape index (κ3) is 5.14. The van der Waals surface area contributed by atoms with Gasteiger partial charge in [0, 0.05) is 6.20 Å². The van der Waals surface area contributed by atoms with Crippen molar-refractivity contribution in [1.82, 2.24) is 5.32 Å². The second-order valence-corrected chi connectivity index (χ2v) is 4.69. The SMILES string of the molecule is CC/C(C)=C/NC(=O)Nc1cc(C(=O)OC)ccc1C(=O)OC. The number of nitrogens with one attached hydrogen (secondary N) is 2. The number of benzene rings is 1. The van der Waals surface area contributed by atoms with Gasteiger partial charge in [0.25, 0.3) is 0 Å². The molecule has 1 aromatic carbocycles. The number of carbonyl (C=O) groups excluding carboxylic acids is 3. The fraction of sp³-hybridized carbons (Fsp3) is 0.312. The Morgan fingerprint density at radius 1 is 1.13 bits per heavy atom. The molecular formula is C16H20N2O5. The Morgan fingerprint density at radius 2 is 1.78 bits per heavy atom. The van der Waals surface area contributed by atoms with Crippen molar-refractivity contribution in [3.8, 4) is 0 Å². The second-order valence-electron chi connectivity index (χ2n) is 4.69. The van der Waals surface area contributed by atoms with E-state index in [0.717, 1.165) is 12.0 Å². The fourth-order valence-electron chi connectivity index (χ4n) is 1.63. The van der Waals surface area contributed by atoms with Crippen LogP contribution in [0.4, 0.5) is 10.5 Å². The van der Waals surface area contributed by atoms with Crippen molar-refractivity contribution in [2.45, 2.75) is 20.3 Å². The van der Waals surface area contributed by atoms with E-state index < -0.39 is 18.0 Å². The van der Waals surface area contributed by atoms with Gasteiger partial charge < -0.3 is 20.1 Å². The third-order valence-corrected chi connectivity index (χ3v) is 3.10. The molecule has 1 aromatic rings. The number of ether oxygens (including phenoxy) is 2. The van der Waals surface area contributed by atoms with Crippen LogP contribution in [0.5, 0.6) is 0 Å². The van der Waals surface area contributed by atoms with E-state index in [1.165, 1.54) is 32.4 Å². The first kappa shape index (κ1) is 18.2. The highest BCUT2D eigenvalue weighted by Gasteiger charge is 2.17. The smallest absolute Gasteiger partial charge is 0.339 e. The molecule has 0 aromatic heterocycles. The van der Waals surface area contributed by atoms with Crippen LogP contribution < -0.4 is 10.6 Å². The molecule has 23 heavy (non-hydrogen) atoms. The Labute approximate surface area is 134 Å². The molecule has 1 rings (SSSR count). The van der Waals surface area contributed by atoms with Crippen molar-refractivity contribution in [2.75, 3.05) is 19.5 Å². The van der Waals surface area contributed by atoms with Gasteiger partial charge in [0.15, 0.2) is 0 Å². The predicted molar refractivity (Wildman–Crippen MR) is 85.3 cm³/mol. The molecule has 0 unspecified atom stereocenters. The highest BCUT2D eigenvalue weighted by Crippen LogP contribution is 2.19. The summed E-state index contributed by atoms with van der Waals surface area (Å²) in [5, 5.41) is 5.07. The van der Waals surface area contributed by atoms with Crippen LogP contribution in [-0.2, 0) is 9.47 Å². The van der Waals surface area contributed by atoms with E-state index in [4.69, 9.17) is 0 Å². The second kappa shape index (κ2) is 8.57. The Bertz CT molecular complexity index is 637. The van der Waals surface area contributed by atoms with Crippen LogP contribution in [-0.4, -0.2) is 32.2 Å². The van der Waals surface area contributed by atoms with Gasteiger partial charge in [-0.2, -0.15) is 0 Å². The Balaban J connectivity index is 3.07. The summed E-state index contributed by atoms with van der Waals surface area (Å²) in [7, 11) is 2.47. The van der Waals surface area contributed by atoms with E-state index in [0.29, 0.717) is 0 Å². The summed E-state index contributed by atoms with van der Waals surface area (Å²) in [6, 6.07) is 3.63. The van der Waals surface area contributed by atoms with Crippen LogP contribution in [0.2, 0.25) is 0 Å². The number of urea groups is 1. The Hall–Kier alpha value is -2.83. The maximum atomic E-state index is 11.9. The van der Waals surface area contributed by atoms with Gasteiger partial charge in [0.2, 0.25) is 0 Å². The molecule has 0 saturated heterocycles. The molecule has 0 atom stereocenters. The zero-order chi connectivity index (χ0) is 17.4. The molecule has 0 spiro atoms. The Morgan fingerprint density at radius 3 is 2.35 bits per heavy atom. The monoisotopic (exact) mass is 320 g/mol.